The summed E-state index contributed by atoms with van der Waals surface area (Å²) in [5.41, 5.74) is -1.06. The first-order valence-electron chi connectivity index (χ1n) is 35.5. The van der Waals surface area contributed by atoms with E-state index in [1.165, 1.54) is 116 Å². The zero-order valence-corrected chi connectivity index (χ0v) is 66.2. The van der Waals surface area contributed by atoms with E-state index >= 15 is 38.4 Å². The van der Waals surface area contributed by atoms with E-state index in [-0.39, 0.29) is 55.8 Å². The van der Waals surface area contributed by atoms with Gasteiger partial charge in [-0.15, -0.1) is 23.5 Å². The molecule has 2 saturated heterocycles. The molecule has 568 valence electrons. The number of amides is 11. The predicted octanol–water partition coefficient (Wildman–Crippen LogP) is 4.51. The molecular weight excluding hydrogens is 1310 g/mol. The molecule has 0 aromatic carbocycles. The molecule has 11 amide bonds. The molecular formula is C71H128N12O14S2. The van der Waals surface area contributed by atoms with Crippen LogP contribution in [-0.2, 0) is 62.2 Å². The van der Waals surface area contributed by atoms with Crippen molar-refractivity contribution < 1.29 is 67.3 Å². The zero-order chi connectivity index (χ0) is 75.8. The molecule has 0 aromatic rings. The number of ether oxygens (including phenoxy) is 2. The van der Waals surface area contributed by atoms with E-state index in [2.05, 4.69) is 26.2 Å². The Morgan fingerprint density at radius 3 is 1.56 bits per heavy atom. The van der Waals surface area contributed by atoms with Gasteiger partial charge in [0.25, 0.3) is 5.91 Å². The summed E-state index contributed by atoms with van der Waals surface area (Å²) in [6.45, 7) is 33.0. The summed E-state index contributed by atoms with van der Waals surface area (Å²) in [6.07, 6.45) is 5.11. The largest absolute Gasteiger partial charge is 0.390 e. The Labute approximate surface area is 601 Å². The number of hydrogen-bond acceptors (Lipinski definition) is 17. The van der Waals surface area contributed by atoms with Crippen LogP contribution < -0.4 is 21.3 Å². The third-order valence-corrected chi connectivity index (χ3v) is 20.5. The second-order valence-corrected chi connectivity index (χ2v) is 31.7. The maximum atomic E-state index is 15.7. The number of rotatable bonds is 23. The number of carbonyl (C=O) groups excluding carboxylic acids is 11. The maximum absolute atomic E-state index is 15.7. The monoisotopic (exact) mass is 1440 g/mol. The molecule has 13 atom stereocenters. The van der Waals surface area contributed by atoms with Crippen molar-refractivity contribution in [3.8, 4) is 0 Å². The summed E-state index contributed by atoms with van der Waals surface area (Å²) < 4.78 is 11.8. The van der Waals surface area contributed by atoms with Crippen molar-refractivity contribution in [1.82, 2.24) is 60.5 Å². The SMILES string of the molecule is CC=CC[C@@H](C)[C@@H](O)[C@H]1C(=O)N[C@@H](CC)C(=O)N(C)[C@H](SCCCN2CCOCC2)C(=O)N(C)[C@@H](CC(C)(C)OCSC)C(=O)N[C@@H](C(C)C)C(=O)N(C)[C@@H](CC(C)C)C(=O)N[C@@H](C)C(=O)N[C@H](C)C(=O)N(C)[C@@H](CC(C)C)C(=O)N(C)[C@@H](CC(C)C)C(=O)N(C)[C@@H](C(C)C)C(=O)N1C. The van der Waals surface area contributed by atoms with Gasteiger partial charge in [0.15, 0.2) is 5.37 Å². The molecule has 0 bridgehead atoms. The van der Waals surface area contributed by atoms with Gasteiger partial charge in [0.05, 0.1) is 30.9 Å². The fourth-order valence-corrected chi connectivity index (χ4v) is 14.0. The summed E-state index contributed by atoms with van der Waals surface area (Å²) in [4.78, 5) is 177. The lowest BCUT2D eigenvalue weighted by atomic mass is 9.91. The fourth-order valence-electron chi connectivity index (χ4n) is 12.5. The minimum Gasteiger partial charge on any atom is -0.390 e. The van der Waals surface area contributed by atoms with E-state index in [1.54, 1.807) is 61.5 Å². The predicted molar refractivity (Wildman–Crippen MR) is 390 cm³/mol. The van der Waals surface area contributed by atoms with Gasteiger partial charge < -0.3 is 70.1 Å². The van der Waals surface area contributed by atoms with Gasteiger partial charge in [-0.25, -0.2) is 0 Å². The third kappa shape index (κ3) is 26.3. The summed E-state index contributed by atoms with van der Waals surface area (Å²) in [5, 5.41) is 22.3. The van der Waals surface area contributed by atoms with E-state index < -0.39 is 160 Å². The number of carbonyl (C=O) groups is 11. The fraction of sp³-hybridized carbons (Fsp3) is 0.817. The van der Waals surface area contributed by atoms with Crippen LogP contribution in [-0.4, -0.2) is 287 Å². The molecule has 2 rings (SSSR count). The number of hydrogen-bond donors (Lipinski definition) is 5. The van der Waals surface area contributed by atoms with Crippen LogP contribution in [0.2, 0.25) is 0 Å². The van der Waals surface area contributed by atoms with E-state index in [0.29, 0.717) is 51.4 Å². The highest BCUT2D eigenvalue weighted by atomic mass is 32.2. The van der Waals surface area contributed by atoms with Crippen molar-refractivity contribution in [3.63, 3.8) is 0 Å². The number of nitrogens with zero attached hydrogens (tertiary/aromatic N) is 8. The minimum absolute atomic E-state index is 0.0168. The van der Waals surface area contributed by atoms with Gasteiger partial charge in [-0.3, -0.25) is 57.6 Å². The maximum Gasteiger partial charge on any atom is 0.256 e. The number of aliphatic hydroxyl groups excluding tert-OH is 1. The van der Waals surface area contributed by atoms with Gasteiger partial charge in [0.2, 0.25) is 59.1 Å². The molecule has 99 heavy (non-hydrogen) atoms. The van der Waals surface area contributed by atoms with Gasteiger partial charge in [-0.05, 0) is 127 Å². The smallest absolute Gasteiger partial charge is 0.256 e. The van der Waals surface area contributed by atoms with Crippen molar-refractivity contribution in [3.05, 3.63) is 12.2 Å². The zero-order valence-electron chi connectivity index (χ0n) is 64.6. The van der Waals surface area contributed by atoms with Crippen molar-refractivity contribution >= 4 is 88.5 Å². The summed E-state index contributed by atoms with van der Waals surface area (Å²) in [6, 6.07) is -12.9. The van der Waals surface area contributed by atoms with Crippen LogP contribution >= 0.6 is 23.5 Å². The number of likely N-dealkylation sites (N-methyl/N-ethyl adjacent to an activating group) is 7. The highest BCUT2D eigenvalue weighted by Gasteiger charge is 2.47. The Kier molecular flexibility index (Phi) is 38.1. The lowest BCUT2D eigenvalue weighted by Gasteiger charge is -2.41. The molecule has 2 heterocycles. The van der Waals surface area contributed by atoms with Crippen LogP contribution in [0.4, 0.5) is 0 Å². The van der Waals surface area contributed by atoms with Crippen LogP contribution in [0.3, 0.4) is 0 Å². The van der Waals surface area contributed by atoms with Gasteiger partial charge in [0.1, 0.15) is 60.4 Å². The Morgan fingerprint density at radius 2 is 1.05 bits per heavy atom. The lowest BCUT2D eigenvalue weighted by Crippen LogP contribution is -2.64. The summed E-state index contributed by atoms with van der Waals surface area (Å²) in [5.74, 6) is -9.38. The molecule has 2 aliphatic heterocycles. The Morgan fingerprint density at radius 1 is 0.566 bits per heavy atom. The number of morpholine rings is 1. The molecule has 0 aliphatic carbocycles. The van der Waals surface area contributed by atoms with Crippen molar-refractivity contribution in [2.24, 2.45) is 35.5 Å². The van der Waals surface area contributed by atoms with Crippen molar-refractivity contribution in [2.45, 2.75) is 240 Å². The second kappa shape index (κ2) is 42.1. The lowest BCUT2D eigenvalue weighted by molar-refractivity contribution is -0.157. The molecule has 2 fully saturated rings. The minimum atomic E-state index is -1.66. The Balaban J connectivity index is 3.17. The molecule has 26 nitrogen and oxygen atoms in total. The van der Waals surface area contributed by atoms with E-state index in [4.69, 9.17) is 9.47 Å². The number of allylic oxidation sites excluding steroid dienone is 2. The Hall–Kier alpha value is -5.55. The highest BCUT2D eigenvalue weighted by Crippen LogP contribution is 2.29. The topological polar surface area (TPSA) is 300 Å². The van der Waals surface area contributed by atoms with Crippen LogP contribution in [0.25, 0.3) is 0 Å². The first kappa shape index (κ1) is 89.5. The quantitative estimate of drug-likeness (QED) is 0.0534. The molecule has 2 aliphatic rings. The van der Waals surface area contributed by atoms with Crippen molar-refractivity contribution in [2.75, 3.05) is 100 Å². The normalized spacial score (nSPS) is 26.8. The van der Waals surface area contributed by atoms with Crippen LogP contribution in [0.15, 0.2) is 12.2 Å². The van der Waals surface area contributed by atoms with E-state index in [9.17, 15) is 19.5 Å². The van der Waals surface area contributed by atoms with Gasteiger partial charge in [-0.1, -0.05) is 95.2 Å². The second-order valence-electron chi connectivity index (χ2n) is 29.7. The van der Waals surface area contributed by atoms with Gasteiger partial charge in [-0.2, -0.15) is 0 Å². The van der Waals surface area contributed by atoms with Gasteiger partial charge >= 0.3 is 0 Å². The summed E-state index contributed by atoms with van der Waals surface area (Å²) >= 11 is 2.59. The first-order chi connectivity index (χ1) is 46.0. The number of thioether (sulfide) groups is 2. The third-order valence-electron chi connectivity index (χ3n) is 18.7. The number of aliphatic hydroxyl groups is 1. The standard InChI is InChI=1S/C71H128N12O14S2/c1-26-28-30-47(13)58(84)57-62(88)74-50(27-2)64(90)82(24)70(99-36-29-31-83-32-34-96-35-33-83)69(95)79(21)54(40-71(16,17)97-41-98-25)61(87)75-55(45(9)10)67(93)76(18)51(37-42(3)4)60(86)72-48(14)59(85)73-49(15)63(89)77(19)52(38-43(5)6)65(91)78(20)53(39-44(7)8)66(92)80(22)56(46(11)12)68(94)81(57)23/h26,28,42-58,70,84H,27,29-41H2,1-25H3,(H,72,86)(H,73,85)(H,74,88)(H,75,87)/t47-,48+,49-,50+,51+,52+,53+,54+,55+,56+,57+,58-,70-/m1/s1. The number of nitrogens with one attached hydrogen (secondary N) is 4. The molecule has 0 unspecified atom stereocenters. The van der Waals surface area contributed by atoms with Crippen LogP contribution in [0.1, 0.15) is 163 Å². The average molecular weight is 1440 g/mol. The van der Waals surface area contributed by atoms with Crippen LogP contribution in [0, 0.1) is 35.5 Å². The Bertz CT molecular complexity index is 2700. The summed E-state index contributed by atoms with van der Waals surface area (Å²) in [7, 11) is 10.1. The molecule has 0 radical (unpaired) electrons. The van der Waals surface area contributed by atoms with Crippen LogP contribution in [0.5, 0.6) is 0 Å². The van der Waals surface area contributed by atoms with Crippen molar-refractivity contribution in [1.29, 1.82) is 0 Å². The highest BCUT2D eigenvalue weighted by molar-refractivity contribution is 8.00. The molecule has 0 spiro atoms. The molecule has 28 heteroatoms. The van der Waals surface area contributed by atoms with Gasteiger partial charge in [0, 0.05) is 68.8 Å². The molecule has 5 N–H and O–H groups in total. The average Bonchev–Trinajstić information content (AvgIpc) is 0.808. The van der Waals surface area contributed by atoms with E-state index in [0.717, 1.165) is 4.90 Å². The van der Waals surface area contributed by atoms with E-state index in [1.807, 2.05) is 60.8 Å². The molecule has 0 saturated carbocycles. The molecule has 0 aromatic heterocycles. The first-order valence-corrected chi connectivity index (χ1v) is 37.9.